The van der Waals surface area contributed by atoms with Gasteiger partial charge in [-0.3, -0.25) is 4.79 Å². The van der Waals surface area contributed by atoms with E-state index in [0.29, 0.717) is 22.9 Å². The molecule has 0 saturated carbocycles. The lowest BCUT2D eigenvalue weighted by molar-refractivity contribution is 0.0160. The standard InChI is InChI=1S/C17H21ClN2O3/c1-6-23-12(4)20-9-13(8-19-20)16-10(2)15(18)7-14(11(3)21)17(16)22-5/h7-9,12H,6H2,1-5H3. The van der Waals surface area contributed by atoms with Crippen LogP contribution in [-0.4, -0.2) is 29.3 Å². The highest BCUT2D eigenvalue weighted by molar-refractivity contribution is 6.32. The molecule has 5 nitrogen and oxygen atoms in total. The van der Waals surface area contributed by atoms with Crippen molar-refractivity contribution < 1.29 is 14.3 Å². The first-order chi connectivity index (χ1) is 10.9. The number of carbonyl (C=O) groups excluding carboxylic acids is 1. The Morgan fingerprint density at radius 1 is 1.48 bits per heavy atom. The van der Waals surface area contributed by atoms with Crippen molar-refractivity contribution in [1.29, 1.82) is 0 Å². The van der Waals surface area contributed by atoms with Crippen LogP contribution in [0.25, 0.3) is 11.1 Å². The second kappa shape index (κ2) is 7.15. The van der Waals surface area contributed by atoms with Crippen molar-refractivity contribution in [3.63, 3.8) is 0 Å². The molecule has 0 bridgehead atoms. The predicted molar refractivity (Wildman–Crippen MR) is 90.3 cm³/mol. The molecule has 0 spiro atoms. The number of Topliss-reactive ketones (excluding diaryl/α,β-unsaturated/α-hetero) is 1. The van der Waals surface area contributed by atoms with Crippen LogP contribution < -0.4 is 4.74 Å². The van der Waals surface area contributed by atoms with E-state index in [1.54, 1.807) is 24.1 Å². The lowest BCUT2D eigenvalue weighted by atomic mass is 9.97. The van der Waals surface area contributed by atoms with Crippen LogP contribution in [0, 0.1) is 6.92 Å². The zero-order chi connectivity index (χ0) is 17.1. The number of hydrogen-bond acceptors (Lipinski definition) is 4. The largest absolute Gasteiger partial charge is 0.495 e. The van der Waals surface area contributed by atoms with Crippen molar-refractivity contribution in [2.75, 3.05) is 13.7 Å². The summed E-state index contributed by atoms with van der Waals surface area (Å²) in [4.78, 5) is 11.9. The van der Waals surface area contributed by atoms with Crippen LogP contribution in [0.2, 0.25) is 5.02 Å². The Kier molecular flexibility index (Phi) is 5.44. The number of methoxy groups -OCH3 is 1. The summed E-state index contributed by atoms with van der Waals surface area (Å²) in [5.74, 6) is 0.420. The molecule has 0 fully saturated rings. The van der Waals surface area contributed by atoms with Gasteiger partial charge in [0, 0.05) is 29.0 Å². The van der Waals surface area contributed by atoms with Gasteiger partial charge in [-0.05, 0) is 39.3 Å². The summed E-state index contributed by atoms with van der Waals surface area (Å²) in [6.45, 7) is 7.85. The zero-order valence-electron chi connectivity index (χ0n) is 14.0. The number of nitrogens with zero attached hydrogens (tertiary/aromatic N) is 2. The summed E-state index contributed by atoms with van der Waals surface area (Å²) in [5, 5.41) is 4.86. The smallest absolute Gasteiger partial charge is 0.163 e. The molecule has 1 unspecified atom stereocenters. The van der Waals surface area contributed by atoms with Crippen molar-refractivity contribution in [2.45, 2.75) is 33.9 Å². The number of ketones is 1. The predicted octanol–water partition coefficient (Wildman–Crippen LogP) is 4.28. The molecule has 124 valence electrons. The average Bonchev–Trinajstić information content (AvgIpc) is 2.98. The van der Waals surface area contributed by atoms with Crippen LogP contribution in [-0.2, 0) is 4.74 Å². The quantitative estimate of drug-likeness (QED) is 0.739. The maximum Gasteiger partial charge on any atom is 0.163 e. The normalized spacial score (nSPS) is 12.3. The van der Waals surface area contributed by atoms with Gasteiger partial charge in [0.2, 0.25) is 0 Å². The van der Waals surface area contributed by atoms with Crippen LogP contribution in [0.3, 0.4) is 0 Å². The molecule has 0 aliphatic heterocycles. The van der Waals surface area contributed by atoms with Crippen LogP contribution in [0.5, 0.6) is 5.75 Å². The molecule has 23 heavy (non-hydrogen) atoms. The van der Waals surface area contributed by atoms with Gasteiger partial charge in [-0.2, -0.15) is 5.10 Å². The third-order valence-electron chi connectivity index (χ3n) is 3.73. The lowest BCUT2D eigenvalue weighted by Crippen LogP contribution is -2.09. The number of carbonyl (C=O) groups is 1. The molecule has 1 aromatic heterocycles. The van der Waals surface area contributed by atoms with E-state index in [9.17, 15) is 4.79 Å². The minimum Gasteiger partial charge on any atom is -0.495 e. The Morgan fingerprint density at radius 3 is 2.74 bits per heavy atom. The van der Waals surface area contributed by atoms with E-state index in [0.717, 1.165) is 16.7 Å². The van der Waals surface area contributed by atoms with Crippen molar-refractivity contribution in [2.24, 2.45) is 0 Å². The van der Waals surface area contributed by atoms with Gasteiger partial charge in [0.15, 0.2) is 5.78 Å². The number of ether oxygens (including phenoxy) is 2. The first kappa shape index (κ1) is 17.5. The van der Waals surface area contributed by atoms with E-state index in [4.69, 9.17) is 21.1 Å². The molecule has 1 atom stereocenters. The highest BCUT2D eigenvalue weighted by Crippen LogP contribution is 2.40. The Morgan fingerprint density at radius 2 is 2.17 bits per heavy atom. The monoisotopic (exact) mass is 336 g/mol. The van der Waals surface area contributed by atoms with Crippen LogP contribution in [0.15, 0.2) is 18.5 Å². The van der Waals surface area contributed by atoms with Gasteiger partial charge in [0.05, 0.1) is 18.9 Å². The van der Waals surface area contributed by atoms with Crippen molar-refractivity contribution >= 4 is 17.4 Å². The maximum atomic E-state index is 11.9. The van der Waals surface area contributed by atoms with E-state index >= 15 is 0 Å². The fourth-order valence-corrected chi connectivity index (χ4v) is 2.73. The molecule has 6 heteroatoms. The Labute approximate surface area is 141 Å². The van der Waals surface area contributed by atoms with Crippen molar-refractivity contribution in [3.8, 4) is 16.9 Å². The number of benzene rings is 1. The SMILES string of the molecule is CCOC(C)n1cc(-c2c(C)c(Cl)cc(C(C)=O)c2OC)cn1. The number of aromatic nitrogens is 2. The maximum absolute atomic E-state index is 11.9. The van der Waals surface area contributed by atoms with Crippen LogP contribution in [0.4, 0.5) is 0 Å². The Bertz CT molecular complexity index is 725. The van der Waals surface area contributed by atoms with Gasteiger partial charge >= 0.3 is 0 Å². The fourth-order valence-electron chi connectivity index (χ4n) is 2.53. The number of halogens is 1. The molecule has 0 saturated heterocycles. The lowest BCUT2D eigenvalue weighted by Gasteiger charge is -2.15. The zero-order valence-corrected chi connectivity index (χ0v) is 14.8. The fraction of sp³-hybridized carbons (Fsp3) is 0.412. The molecule has 0 aliphatic carbocycles. The summed E-state index contributed by atoms with van der Waals surface area (Å²) < 4.78 is 12.8. The van der Waals surface area contributed by atoms with Gasteiger partial charge < -0.3 is 9.47 Å². The summed E-state index contributed by atoms with van der Waals surface area (Å²) in [6.07, 6.45) is 3.41. The van der Waals surface area contributed by atoms with Gasteiger partial charge in [-0.15, -0.1) is 0 Å². The number of hydrogen-bond donors (Lipinski definition) is 0. The molecule has 2 aromatic rings. The number of rotatable bonds is 6. The van der Waals surface area contributed by atoms with Gasteiger partial charge in [0.25, 0.3) is 0 Å². The first-order valence-electron chi connectivity index (χ1n) is 7.44. The second-order valence-electron chi connectivity index (χ2n) is 5.26. The van der Waals surface area contributed by atoms with Gasteiger partial charge in [0.1, 0.15) is 12.0 Å². The average molecular weight is 337 g/mol. The highest BCUT2D eigenvalue weighted by Gasteiger charge is 2.21. The summed E-state index contributed by atoms with van der Waals surface area (Å²) in [5.41, 5.74) is 2.91. The van der Waals surface area contributed by atoms with Crippen molar-refractivity contribution in [1.82, 2.24) is 9.78 Å². The van der Waals surface area contributed by atoms with E-state index < -0.39 is 0 Å². The summed E-state index contributed by atoms with van der Waals surface area (Å²) in [6, 6.07) is 1.65. The molecule has 0 aliphatic rings. The van der Waals surface area contributed by atoms with Crippen LogP contribution in [0.1, 0.15) is 42.9 Å². The Balaban J connectivity index is 2.61. The second-order valence-corrected chi connectivity index (χ2v) is 5.67. The van der Waals surface area contributed by atoms with E-state index in [1.807, 2.05) is 27.0 Å². The van der Waals surface area contributed by atoms with E-state index in [-0.39, 0.29) is 12.0 Å². The molecular formula is C17H21ClN2O3. The molecule has 0 N–H and O–H groups in total. The van der Waals surface area contributed by atoms with Gasteiger partial charge in [-0.1, -0.05) is 11.6 Å². The first-order valence-corrected chi connectivity index (χ1v) is 7.82. The minimum atomic E-state index is -0.175. The topological polar surface area (TPSA) is 53.4 Å². The minimum absolute atomic E-state index is 0.0972. The third-order valence-corrected chi connectivity index (χ3v) is 4.12. The van der Waals surface area contributed by atoms with E-state index in [2.05, 4.69) is 5.10 Å². The van der Waals surface area contributed by atoms with E-state index in [1.165, 1.54) is 6.92 Å². The third kappa shape index (κ3) is 3.41. The molecule has 0 amide bonds. The molecule has 1 heterocycles. The highest BCUT2D eigenvalue weighted by atomic mass is 35.5. The molecular weight excluding hydrogens is 316 g/mol. The molecule has 2 rings (SSSR count). The summed E-state index contributed by atoms with van der Waals surface area (Å²) >= 11 is 6.30. The Hall–Kier alpha value is -1.85. The van der Waals surface area contributed by atoms with Crippen molar-refractivity contribution in [3.05, 3.63) is 34.6 Å². The van der Waals surface area contributed by atoms with Crippen LogP contribution >= 0.6 is 11.6 Å². The molecule has 0 radical (unpaired) electrons. The summed E-state index contributed by atoms with van der Waals surface area (Å²) in [7, 11) is 1.55. The van der Waals surface area contributed by atoms with Gasteiger partial charge in [-0.25, -0.2) is 4.68 Å². The molecule has 1 aromatic carbocycles.